The summed E-state index contributed by atoms with van der Waals surface area (Å²) in [5.74, 6) is 0.871. The van der Waals surface area contributed by atoms with Gasteiger partial charge in [0.2, 0.25) is 0 Å². The monoisotopic (exact) mass is 286 g/mol. The molecular formula is C15H30O3Si. The highest BCUT2D eigenvalue weighted by atomic mass is 28.4. The average molecular weight is 286 g/mol. The van der Waals surface area contributed by atoms with E-state index < -0.39 is 8.32 Å². The molecule has 1 heterocycles. The zero-order valence-corrected chi connectivity index (χ0v) is 14.0. The number of hydrogen-bond donors (Lipinski definition) is 0. The van der Waals surface area contributed by atoms with Crippen LogP contribution in [0, 0.1) is 5.92 Å². The van der Waals surface area contributed by atoms with Crippen molar-refractivity contribution in [2.24, 2.45) is 5.92 Å². The van der Waals surface area contributed by atoms with Crippen molar-refractivity contribution >= 4 is 8.32 Å². The molecular weight excluding hydrogens is 256 g/mol. The van der Waals surface area contributed by atoms with Gasteiger partial charge in [0.05, 0.1) is 12.2 Å². The molecule has 0 N–H and O–H groups in total. The van der Waals surface area contributed by atoms with Crippen molar-refractivity contribution in [2.45, 2.75) is 83.1 Å². The second-order valence-corrected chi connectivity index (χ2v) is 10.8. The van der Waals surface area contributed by atoms with E-state index in [0.717, 1.165) is 5.92 Å². The molecule has 1 saturated carbocycles. The molecule has 3 nitrogen and oxygen atoms in total. The van der Waals surface area contributed by atoms with Gasteiger partial charge < -0.3 is 13.9 Å². The normalized spacial score (nSPS) is 31.9. The van der Waals surface area contributed by atoms with Crippen LogP contribution in [0.15, 0.2) is 0 Å². The molecule has 112 valence electrons. The second-order valence-electron chi connectivity index (χ2n) is 6.24. The van der Waals surface area contributed by atoms with Gasteiger partial charge in [-0.3, -0.25) is 0 Å². The highest BCUT2D eigenvalue weighted by Crippen LogP contribution is 2.42. The van der Waals surface area contributed by atoms with Crippen LogP contribution in [0.4, 0.5) is 0 Å². The summed E-state index contributed by atoms with van der Waals surface area (Å²) in [6.45, 7) is 6.61. The van der Waals surface area contributed by atoms with Crippen molar-refractivity contribution in [1.29, 1.82) is 0 Å². The molecule has 1 aliphatic carbocycles. The van der Waals surface area contributed by atoms with Crippen molar-refractivity contribution < 1.29 is 13.9 Å². The molecule has 0 amide bonds. The predicted molar refractivity (Wildman–Crippen MR) is 79.7 cm³/mol. The van der Waals surface area contributed by atoms with E-state index in [2.05, 4.69) is 13.8 Å². The fraction of sp³-hybridized carbons (Fsp3) is 1.00. The Bertz CT molecular complexity index is 281. The molecule has 0 radical (unpaired) electrons. The Kier molecular flexibility index (Phi) is 5.46. The summed E-state index contributed by atoms with van der Waals surface area (Å²) in [6, 6.07) is 3.69. The Hall–Kier alpha value is 0.0969. The molecule has 19 heavy (non-hydrogen) atoms. The summed E-state index contributed by atoms with van der Waals surface area (Å²) < 4.78 is 17.3. The molecule has 0 spiro atoms. The summed E-state index contributed by atoms with van der Waals surface area (Å²) in [6.07, 6.45) is 6.46. The zero-order valence-electron chi connectivity index (χ0n) is 13.0. The topological polar surface area (TPSA) is 31.0 Å². The van der Waals surface area contributed by atoms with Crippen LogP contribution in [0.5, 0.6) is 0 Å². The van der Waals surface area contributed by atoms with Gasteiger partial charge in [-0.1, -0.05) is 20.3 Å². The van der Waals surface area contributed by atoms with Gasteiger partial charge in [0.15, 0.2) is 8.32 Å². The first-order valence-corrected chi connectivity index (χ1v) is 10.5. The second kappa shape index (κ2) is 6.70. The van der Waals surface area contributed by atoms with Gasteiger partial charge in [-0.2, -0.15) is 0 Å². The minimum atomic E-state index is -1.59. The van der Waals surface area contributed by atoms with Crippen molar-refractivity contribution in [3.63, 3.8) is 0 Å². The molecule has 0 bridgehead atoms. The summed E-state index contributed by atoms with van der Waals surface area (Å²) in [5, 5.41) is 0. The molecule has 4 heteroatoms. The van der Waals surface area contributed by atoms with E-state index in [1.165, 1.54) is 43.8 Å². The van der Waals surface area contributed by atoms with E-state index in [0.29, 0.717) is 12.2 Å². The van der Waals surface area contributed by atoms with Crippen molar-refractivity contribution in [3.8, 4) is 0 Å². The molecule has 2 rings (SSSR count). The minimum absolute atomic E-state index is 0.0472. The van der Waals surface area contributed by atoms with Crippen LogP contribution in [0.3, 0.4) is 0 Å². The van der Waals surface area contributed by atoms with Crippen LogP contribution < -0.4 is 0 Å². The van der Waals surface area contributed by atoms with Gasteiger partial charge in [-0.15, -0.1) is 0 Å². The lowest BCUT2D eigenvalue weighted by Gasteiger charge is -2.33. The third kappa shape index (κ3) is 4.03. The van der Waals surface area contributed by atoms with Crippen LogP contribution in [0.25, 0.3) is 0 Å². The lowest BCUT2D eigenvalue weighted by atomic mass is 9.88. The maximum atomic E-state index is 6.30. The number of rotatable bonds is 8. The van der Waals surface area contributed by atoms with E-state index in [1.54, 1.807) is 7.11 Å². The SMILES string of the molecule is CC[Si](CC)(CCC1CCC2OC2C1)OC(C)OC. The van der Waals surface area contributed by atoms with E-state index in [4.69, 9.17) is 13.9 Å². The molecule has 1 saturated heterocycles. The van der Waals surface area contributed by atoms with Gasteiger partial charge in [-0.05, 0) is 50.2 Å². The van der Waals surface area contributed by atoms with E-state index in [1.807, 2.05) is 6.92 Å². The number of fused-ring (bicyclic) bond motifs is 1. The molecule has 1 aliphatic heterocycles. The van der Waals surface area contributed by atoms with Crippen molar-refractivity contribution in [2.75, 3.05) is 7.11 Å². The number of epoxide rings is 1. The highest BCUT2D eigenvalue weighted by Gasteiger charge is 2.44. The quantitative estimate of drug-likeness (QED) is 0.385. The Labute approximate surface area is 119 Å². The zero-order chi connectivity index (χ0) is 13.9. The Morgan fingerprint density at radius 2 is 1.95 bits per heavy atom. The van der Waals surface area contributed by atoms with Gasteiger partial charge in [-0.25, -0.2) is 0 Å². The third-order valence-electron chi connectivity index (χ3n) is 5.16. The Morgan fingerprint density at radius 3 is 2.53 bits per heavy atom. The standard InChI is InChI=1S/C15H30O3Si/c1-5-19(6-2,18-12(3)16-4)10-9-13-7-8-14-15(11-13)17-14/h12-15H,5-11H2,1-4H3. The lowest BCUT2D eigenvalue weighted by Crippen LogP contribution is -2.40. The molecule has 4 atom stereocenters. The van der Waals surface area contributed by atoms with Crippen LogP contribution in [-0.2, 0) is 13.9 Å². The third-order valence-corrected chi connectivity index (χ3v) is 9.77. The van der Waals surface area contributed by atoms with Crippen LogP contribution >= 0.6 is 0 Å². The first kappa shape index (κ1) is 15.5. The summed E-state index contributed by atoms with van der Waals surface area (Å²) >= 11 is 0. The van der Waals surface area contributed by atoms with Gasteiger partial charge in [0.25, 0.3) is 0 Å². The van der Waals surface area contributed by atoms with Gasteiger partial charge in [0, 0.05) is 7.11 Å². The fourth-order valence-electron chi connectivity index (χ4n) is 3.45. The molecule has 0 aromatic carbocycles. The summed E-state index contributed by atoms with van der Waals surface area (Å²) in [7, 11) is 0.151. The molecule has 0 aromatic rings. The first-order valence-electron chi connectivity index (χ1n) is 7.98. The minimum Gasteiger partial charge on any atom is -0.392 e. The Morgan fingerprint density at radius 1 is 1.21 bits per heavy atom. The number of methoxy groups -OCH3 is 1. The average Bonchev–Trinajstić information content (AvgIpc) is 3.21. The van der Waals surface area contributed by atoms with Crippen molar-refractivity contribution in [3.05, 3.63) is 0 Å². The lowest BCUT2D eigenvalue weighted by molar-refractivity contribution is -0.0469. The smallest absolute Gasteiger partial charge is 0.195 e. The van der Waals surface area contributed by atoms with Gasteiger partial charge >= 0.3 is 0 Å². The van der Waals surface area contributed by atoms with Crippen LogP contribution in [-0.4, -0.2) is 33.9 Å². The predicted octanol–water partition coefficient (Wildman–Crippen LogP) is 3.94. The first-order chi connectivity index (χ1) is 9.12. The highest BCUT2D eigenvalue weighted by molar-refractivity contribution is 6.73. The van der Waals surface area contributed by atoms with E-state index in [-0.39, 0.29) is 6.29 Å². The summed E-state index contributed by atoms with van der Waals surface area (Å²) in [5.41, 5.74) is 0. The Balaban J connectivity index is 1.81. The van der Waals surface area contributed by atoms with E-state index in [9.17, 15) is 0 Å². The van der Waals surface area contributed by atoms with E-state index >= 15 is 0 Å². The molecule has 0 aromatic heterocycles. The summed E-state index contributed by atoms with van der Waals surface area (Å²) in [4.78, 5) is 0. The van der Waals surface area contributed by atoms with Crippen LogP contribution in [0.1, 0.15) is 46.5 Å². The maximum Gasteiger partial charge on any atom is 0.195 e. The maximum absolute atomic E-state index is 6.30. The molecule has 2 aliphatic rings. The van der Waals surface area contributed by atoms with Crippen LogP contribution in [0.2, 0.25) is 18.1 Å². The van der Waals surface area contributed by atoms with Gasteiger partial charge in [0.1, 0.15) is 6.29 Å². The number of ether oxygens (including phenoxy) is 2. The fourth-order valence-corrected chi connectivity index (χ4v) is 6.84. The molecule has 4 unspecified atom stereocenters. The van der Waals surface area contributed by atoms with Crippen molar-refractivity contribution in [1.82, 2.24) is 0 Å². The largest absolute Gasteiger partial charge is 0.392 e. The number of hydrogen-bond acceptors (Lipinski definition) is 3. The molecule has 2 fully saturated rings.